The summed E-state index contributed by atoms with van der Waals surface area (Å²) in [6.45, 7) is 2.98. The Balaban J connectivity index is 1.66. The Labute approximate surface area is 150 Å². The van der Waals surface area contributed by atoms with E-state index in [1.54, 1.807) is 37.4 Å². The van der Waals surface area contributed by atoms with Gasteiger partial charge in [-0.3, -0.25) is 4.99 Å². The summed E-state index contributed by atoms with van der Waals surface area (Å²) in [4.78, 5) is 6.44. The zero-order valence-electron chi connectivity index (χ0n) is 14.9. The smallest absolute Gasteiger partial charge is 0.240 e. The van der Waals surface area contributed by atoms with Crippen molar-refractivity contribution in [2.45, 2.75) is 17.7 Å². The third kappa shape index (κ3) is 7.01. The highest BCUT2D eigenvalue weighted by Crippen LogP contribution is 2.28. The van der Waals surface area contributed by atoms with E-state index in [9.17, 15) is 8.42 Å². The molecule has 1 fully saturated rings. The van der Waals surface area contributed by atoms with Crippen LogP contribution in [0.2, 0.25) is 0 Å². The molecule has 2 rings (SSSR count). The molecule has 0 atom stereocenters. The van der Waals surface area contributed by atoms with Crippen LogP contribution < -0.4 is 10.0 Å². The lowest BCUT2D eigenvalue weighted by Crippen LogP contribution is -2.43. The highest BCUT2D eigenvalue weighted by atomic mass is 32.2. The molecule has 0 heterocycles. The van der Waals surface area contributed by atoms with Gasteiger partial charge in [0.2, 0.25) is 10.0 Å². The van der Waals surface area contributed by atoms with Crippen molar-refractivity contribution in [3.63, 3.8) is 0 Å². The van der Waals surface area contributed by atoms with E-state index in [1.165, 1.54) is 12.8 Å². The molecule has 0 aromatic heterocycles. The third-order valence-corrected chi connectivity index (χ3v) is 5.43. The van der Waals surface area contributed by atoms with E-state index >= 15 is 0 Å². The maximum absolute atomic E-state index is 12.1. The summed E-state index contributed by atoms with van der Waals surface area (Å²) in [5, 5.41) is 3.15. The molecule has 1 aliphatic carbocycles. The van der Waals surface area contributed by atoms with Gasteiger partial charge >= 0.3 is 0 Å². The number of rotatable bonds is 10. The van der Waals surface area contributed by atoms with Gasteiger partial charge in [0.1, 0.15) is 0 Å². The normalized spacial score (nSPS) is 15.2. The number of sulfonamides is 1. The minimum absolute atomic E-state index is 0.268. The minimum atomic E-state index is -3.47. The second-order valence-electron chi connectivity index (χ2n) is 6.12. The zero-order chi connectivity index (χ0) is 18.1. The van der Waals surface area contributed by atoms with Crippen LogP contribution in [0.15, 0.2) is 40.2 Å². The predicted molar refractivity (Wildman–Crippen MR) is 99.2 cm³/mol. The van der Waals surface area contributed by atoms with Crippen molar-refractivity contribution < 1.29 is 13.2 Å². The van der Waals surface area contributed by atoms with Crippen molar-refractivity contribution in [1.82, 2.24) is 14.9 Å². The molecule has 1 saturated carbocycles. The molecule has 1 aliphatic rings. The molecule has 0 aliphatic heterocycles. The minimum Gasteiger partial charge on any atom is -0.379 e. The summed E-state index contributed by atoms with van der Waals surface area (Å²) in [6.07, 6.45) is 2.58. The summed E-state index contributed by atoms with van der Waals surface area (Å²) in [6, 6.07) is 8.34. The van der Waals surface area contributed by atoms with Crippen LogP contribution >= 0.6 is 0 Å². The van der Waals surface area contributed by atoms with Crippen LogP contribution in [0.5, 0.6) is 0 Å². The van der Waals surface area contributed by atoms with Crippen molar-refractivity contribution in [2.24, 2.45) is 10.9 Å². The second kappa shape index (κ2) is 9.74. The molecular weight excluding hydrogens is 340 g/mol. The molecule has 0 saturated heterocycles. The second-order valence-corrected chi connectivity index (χ2v) is 7.89. The fourth-order valence-corrected chi connectivity index (χ4v) is 3.32. The van der Waals surface area contributed by atoms with E-state index in [-0.39, 0.29) is 11.4 Å². The van der Waals surface area contributed by atoms with Crippen molar-refractivity contribution >= 4 is 16.0 Å². The first-order valence-electron chi connectivity index (χ1n) is 8.57. The van der Waals surface area contributed by atoms with Gasteiger partial charge < -0.3 is 15.0 Å². The Hall–Kier alpha value is -1.64. The molecule has 140 valence electrons. The van der Waals surface area contributed by atoms with Crippen molar-refractivity contribution in [1.29, 1.82) is 0 Å². The highest BCUT2D eigenvalue weighted by Gasteiger charge is 2.21. The first kappa shape index (κ1) is 19.7. The van der Waals surface area contributed by atoms with E-state index in [1.807, 2.05) is 11.9 Å². The first-order valence-corrected chi connectivity index (χ1v) is 10.1. The SMILES string of the molecule is CN=C(NCCNS(=O)(=O)c1ccccc1)N(C)CCOCC1CC1. The van der Waals surface area contributed by atoms with Gasteiger partial charge in [0.15, 0.2) is 5.96 Å². The van der Waals surface area contributed by atoms with Crippen LogP contribution in [0.4, 0.5) is 0 Å². The molecule has 0 bridgehead atoms. The average Bonchev–Trinajstić information content (AvgIpc) is 3.44. The molecule has 0 unspecified atom stereocenters. The van der Waals surface area contributed by atoms with Crippen LogP contribution in [-0.4, -0.2) is 66.2 Å². The largest absolute Gasteiger partial charge is 0.379 e. The average molecular weight is 369 g/mol. The Morgan fingerprint density at radius 3 is 2.64 bits per heavy atom. The first-order chi connectivity index (χ1) is 12.0. The van der Waals surface area contributed by atoms with Crippen molar-refractivity contribution in [3.05, 3.63) is 30.3 Å². The molecule has 25 heavy (non-hydrogen) atoms. The fraction of sp³-hybridized carbons (Fsp3) is 0.588. The number of guanidine groups is 1. The summed E-state index contributed by atoms with van der Waals surface area (Å²) in [5.41, 5.74) is 0. The van der Waals surface area contributed by atoms with E-state index < -0.39 is 10.0 Å². The highest BCUT2D eigenvalue weighted by molar-refractivity contribution is 7.89. The standard InChI is InChI=1S/C17H28N4O3S/c1-18-17(21(2)12-13-24-14-15-8-9-15)19-10-11-20-25(22,23)16-6-4-3-5-7-16/h3-7,15,20H,8-14H2,1-2H3,(H,18,19). The molecule has 2 N–H and O–H groups in total. The Kier molecular flexibility index (Phi) is 7.67. The molecule has 0 spiro atoms. The summed E-state index contributed by atoms with van der Waals surface area (Å²) >= 11 is 0. The summed E-state index contributed by atoms with van der Waals surface area (Å²) in [7, 11) is 0.172. The van der Waals surface area contributed by atoms with E-state index in [0.717, 1.165) is 19.1 Å². The Morgan fingerprint density at radius 1 is 1.28 bits per heavy atom. The third-order valence-electron chi connectivity index (χ3n) is 3.95. The summed E-state index contributed by atoms with van der Waals surface area (Å²) in [5.74, 6) is 1.48. The van der Waals surface area contributed by atoms with Gasteiger partial charge in [-0.2, -0.15) is 0 Å². The number of nitrogens with zero attached hydrogens (tertiary/aromatic N) is 2. The van der Waals surface area contributed by atoms with Crippen LogP contribution in [0, 0.1) is 5.92 Å². The maximum Gasteiger partial charge on any atom is 0.240 e. The number of benzene rings is 1. The van der Waals surface area contributed by atoms with Gasteiger partial charge in [0, 0.05) is 40.3 Å². The lowest BCUT2D eigenvalue weighted by atomic mass is 10.4. The number of hydrogen-bond donors (Lipinski definition) is 2. The molecular formula is C17H28N4O3S. The molecule has 7 nitrogen and oxygen atoms in total. The zero-order valence-corrected chi connectivity index (χ0v) is 15.8. The Bertz CT molecular complexity index is 645. The predicted octanol–water partition coefficient (Wildman–Crippen LogP) is 0.899. The quantitative estimate of drug-likeness (QED) is 0.364. The molecule has 1 aromatic carbocycles. The van der Waals surface area contributed by atoms with E-state index in [0.29, 0.717) is 19.1 Å². The van der Waals surface area contributed by atoms with Gasteiger partial charge in [-0.25, -0.2) is 13.1 Å². The van der Waals surface area contributed by atoms with Gasteiger partial charge in [-0.05, 0) is 30.9 Å². The fourth-order valence-electron chi connectivity index (χ4n) is 2.27. The monoisotopic (exact) mass is 368 g/mol. The van der Waals surface area contributed by atoms with Crippen LogP contribution in [0.1, 0.15) is 12.8 Å². The maximum atomic E-state index is 12.1. The van der Waals surface area contributed by atoms with Gasteiger partial charge in [-0.1, -0.05) is 18.2 Å². The molecule has 1 aromatic rings. The van der Waals surface area contributed by atoms with E-state index in [4.69, 9.17) is 4.74 Å². The number of likely N-dealkylation sites (N-methyl/N-ethyl adjacent to an activating group) is 1. The van der Waals surface area contributed by atoms with Gasteiger partial charge in [0.25, 0.3) is 0 Å². The lowest BCUT2D eigenvalue weighted by molar-refractivity contribution is 0.115. The van der Waals surface area contributed by atoms with Crippen molar-refractivity contribution in [3.8, 4) is 0 Å². The molecule has 0 amide bonds. The Morgan fingerprint density at radius 2 is 2.00 bits per heavy atom. The molecule has 0 radical (unpaired) electrons. The van der Waals surface area contributed by atoms with Gasteiger partial charge in [0.05, 0.1) is 11.5 Å². The number of aliphatic imine (C=N–C) groups is 1. The number of nitrogens with one attached hydrogen (secondary N) is 2. The van der Waals surface area contributed by atoms with Crippen molar-refractivity contribution in [2.75, 3.05) is 46.9 Å². The lowest BCUT2D eigenvalue weighted by Gasteiger charge is -2.22. The molecule has 8 heteroatoms. The number of hydrogen-bond acceptors (Lipinski definition) is 4. The van der Waals surface area contributed by atoms with Gasteiger partial charge in [-0.15, -0.1) is 0 Å². The number of ether oxygens (including phenoxy) is 1. The topological polar surface area (TPSA) is 83.0 Å². The van der Waals surface area contributed by atoms with Crippen LogP contribution in [0.25, 0.3) is 0 Å². The summed E-state index contributed by atoms with van der Waals surface area (Å²) < 4.78 is 32.4. The van der Waals surface area contributed by atoms with Crippen LogP contribution in [-0.2, 0) is 14.8 Å². The van der Waals surface area contributed by atoms with E-state index in [2.05, 4.69) is 15.0 Å². The van der Waals surface area contributed by atoms with Crippen LogP contribution in [0.3, 0.4) is 0 Å².